The number of benzene rings is 2. The van der Waals surface area contributed by atoms with Gasteiger partial charge in [0.25, 0.3) is 5.56 Å². The molecular weight excluding hydrogens is 362 g/mol. The molecule has 27 heavy (non-hydrogen) atoms. The highest BCUT2D eigenvalue weighted by Crippen LogP contribution is 2.13. The maximum atomic E-state index is 12.0. The molecule has 0 aliphatic heterocycles. The van der Waals surface area contributed by atoms with Crippen molar-refractivity contribution in [3.05, 3.63) is 88.3 Å². The second-order valence-corrected chi connectivity index (χ2v) is 6.66. The number of ether oxygens (including phenoxy) is 1. The van der Waals surface area contributed by atoms with E-state index >= 15 is 0 Å². The SMILES string of the molecule is O=C(CSc1nc(COc2ccccc2)cc(=O)[nH]1)NCc1ccccc1. The predicted molar refractivity (Wildman–Crippen MR) is 105 cm³/mol. The molecule has 0 aliphatic carbocycles. The third kappa shape index (κ3) is 6.31. The Morgan fingerprint density at radius 1 is 1.07 bits per heavy atom. The summed E-state index contributed by atoms with van der Waals surface area (Å²) in [4.78, 5) is 30.8. The zero-order chi connectivity index (χ0) is 18.9. The first-order valence-electron chi connectivity index (χ1n) is 8.40. The van der Waals surface area contributed by atoms with Crippen LogP contribution in [0.2, 0.25) is 0 Å². The third-order valence-corrected chi connectivity index (χ3v) is 4.45. The predicted octanol–water partition coefficient (Wildman–Crippen LogP) is 2.76. The molecule has 6 nitrogen and oxygen atoms in total. The fourth-order valence-electron chi connectivity index (χ4n) is 2.28. The van der Waals surface area contributed by atoms with Crippen LogP contribution in [0, 0.1) is 0 Å². The number of hydrogen-bond donors (Lipinski definition) is 2. The molecule has 3 rings (SSSR count). The number of hydrogen-bond acceptors (Lipinski definition) is 5. The van der Waals surface area contributed by atoms with E-state index in [9.17, 15) is 9.59 Å². The molecule has 0 saturated heterocycles. The van der Waals surface area contributed by atoms with Crippen molar-refractivity contribution in [2.75, 3.05) is 5.75 Å². The molecule has 138 valence electrons. The summed E-state index contributed by atoms with van der Waals surface area (Å²) in [7, 11) is 0. The summed E-state index contributed by atoms with van der Waals surface area (Å²) >= 11 is 1.18. The Bertz CT molecular complexity index is 930. The van der Waals surface area contributed by atoms with Crippen molar-refractivity contribution in [2.24, 2.45) is 0 Å². The van der Waals surface area contributed by atoms with Crippen LogP contribution in [0.25, 0.3) is 0 Å². The van der Waals surface area contributed by atoms with Crippen molar-refractivity contribution in [1.82, 2.24) is 15.3 Å². The number of thioether (sulfide) groups is 1. The van der Waals surface area contributed by atoms with Crippen LogP contribution >= 0.6 is 11.8 Å². The first-order chi connectivity index (χ1) is 13.2. The second-order valence-electron chi connectivity index (χ2n) is 5.69. The Balaban J connectivity index is 1.51. The standard InChI is InChI=1S/C20H19N3O3S/c24-18-11-16(13-26-17-9-5-2-6-10-17)22-20(23-18)27-14-19(25)21-12-15-7-3-1-4-8-15/h1-11H,12-14H2,(H,21,25)(H,22,23,24). The Hall–Kier alpha value is -3.06. The molecule has 2 aromatic carbocycles. The maximum Gasteiger partial charge on any atom is 0.251 e. The van der Waals surface area contributed by atoms with Crippen molar-refractivity contribution in [2.45, 2.75) is 18.3 Å². The number of nitrogens with one attached hydrogen (secondary N) is 2. The van der Waals surface area contributed by atoms with Crippen molar-refractivity contribution in [1.29, 1.82) is 0 Å². The molecule has 1 heterocycles. The van der Waals surface area contributed by atoms with Gasteiger partial charge in [-0.2, -0.15) is 0 Å². The lowest BCUT2D eigenvalue weighted by molar-refractivity contribution is -0.118. The molecule has 0 radical (unpaired) electrons. The minimum atomic E-state index is -0.274. The normalized spacial score (nSPS) is 10.4. The van der Waals surface area contributed by atoms with E-state index in [2.05, 4.69) is 15.3 Å². The minimum absolute atomic E-state index is 0.127. The van der Waals surface area contributed by atoms with E-state index in [4.69, 9.17) is 4.74 Å². The molecule has 7 heteroatoms. The fraction of sp³-hybridized carbons (Fsp3) is 0.150. The second kappa shape index (κ2) is 9.59. The number of nitrogens with zero attached hydrogens (tertiary/aromatic N) is 1. The van der Waals surface area contributed by atoms with E-state index in [-0.39, 0.29) is 23.8 Å². The highest BCUT2D eigenvalue weighted by atomic mass is 32.2. The van der Waals surface area contributed by atoms with Gasteiger partial charge in [-0.25, -0.2) is 4.98 Å². The maximum absolute atomic E-state index is 12.0. The molecule has 0 fully saturated rings. The van der Waals surface area contributed by atoms with E-state index in [1.807, 2.05) is 60.7 Å². The molecule has 0 saturated carbocycles. The summed E-state index contributed by atoms with van der Waals surface area (Å²) in [5.74, 6) is 0.741. The smallest absolute Gasteiger partial charge is 0.251 e. The summed E-state index contributed by atoms with van der Waals surface area (Å²) in [6.45, 7) is 0.650. The van der Waals surface area contributed by atoms with Crippen LogP contribution < -0.4 is 15.6 Å². The van der Waals surface area contributed by atoms with Gasteiger partial charge in [0.2, 0.25) is 5.91 Å². The van der Waals surface area contributed by atoms with E-state index in [0.717, 1.165) is 5.56 Å². The van der Waals surface area contributed by atoms with Gasteiger partial charge < -0.3 is 15.0 Å². The van der Waals surface area contributed by atoms with Crippen molar-refractivity contribution in [3.63, 3.8) is 0 Å². The topological polar surface area (TPSA) is 84.1 Å². The summed E-state index contributed by atoms with van der Waals surface area (Å²) in [6, 6.07) is 20.4. The van der Waals surface area contributed by atoms with Crippen LogP contribution in [0.3, 0.4) is 0 Å². The summed E-state index contributed by atoms with van der Waals surface area (Å²) in [5, 5.41) is 3.23. The van der Waals surface area contributed by atoms with E-state index in [0.29, 0.717) is 23.1 Å². The van der Waals surface area contributed by atoms with Gasteiger partial charge in [-0.15, -0.1) is 0 Å². The van der Waals surface area contributed by atoms with Crippen LogP contribution in [0.4, 0.5) is 0 Å². The first-order valence-corrected chi connectivity index (χ1v) is 9.39. The van der Waals surface area contributed by atoms with Crippen molar-refractivity contribution in [3.8, 4) is 5.75 Å². The number of amides is 1. The Kier molecular flexibility index (Phi) is 6.65. The number of para-hydroxylation sites is 1. The highest BCUT2D eigenvalue weighted by molar-refractivity contribution is 7.99. The minimum Gasteiger partial charge on any atom is -0.487 e. The average Bonchev–Trinajstić information content (AvgIpc) is 2.70. The van der Waals surface area contributed by atoms with Gasteiger partial charge in [-0.1, -0.05) is 60.3 Å². The van der Waals surface area contributed by atoms with E-state index < -0.39 is 0 Å². The Labute approximate surface area is 161 Å². The number of H-pyrrole nitrogens is 1. The number of rotatable bonds is 8. The number of carbonyl (C=O) groups excluding carboxylic acids is 1. The number of aromatic nitrogens is 2. The molecule has 0 aliphatic rings. The molecule has 2 N–H and O–H groups in total. The van der Waals surface area contributed by atoms with Crippen LogP contribution in [0.1, 0.15) is 11.3 Å². The lowest BCUT2D eigenvalue weighted by Gasteiger charge is -2.07. The van der Waals surface area contributed by atoms with Crippen molar-refractivity contribution < 1.29 is 9.53 Å². The highest BCUT2D eigenvalue weighted by Gasteiger charge is 2.07. The molecule has 0 spiro atoms. The number of aromatic amines is 1. The Morgan fingerprint density at radius 3 is 2.52 bits per heavy atom. The summed E-state index contributed by atoms with van der Waals surface area (Å²) in [6.07, 6.45) is 0. The average molecular weight is 381 g/mol. The third-order valence-electron chi connectivity index (χ3n) is 3.58. The molecule has 0 unspecified atom stereocenters. The van der Waals surface area contributed by atoms with Gasteiger partial charge in [-0.3, -0.25) is 9.59 Å². The molecule has 1 aromatic heterocycles. The fourth-order valence-corrected chi connectivity index (χ4v) is 3.01. The van der Waals surface area contributed by atoms with Gasteiger partial charge >= 0.3 is 0 Å². The van der Waals surface area contributed by atoms with Gasteiger partial charge in [0.15, 0.2) is 5.16 Å². The molecule has 0 atom stereocenters. The molecule has 3 aromatic rings. The van der Waals surface area contributed by atoms with Gasteiger partial charge in [-0.05, 0) is 17.7 Å². The van der Waals surface area contributed by atoms with Crippen LogP contribution in [-0.4, -0.2) is 21.6 Å². The molecular formula is C20H19N3O3S. The summed E-state index contributed by atoms with van der Waals surface area (Å²) in [5.41, 5.74) is 1.26. The Morgan fingerprint density at radius 2 is 1.78 bits per heavy atom. The first kappa shape index (κ1) is 18.7. The lowest BCUT2D eigenvalue weighted by atomic mass is 10.2. The largest absolute Gasteiger partial charge is 0.487 e. The van der Waals surface area contributed by atoms with Crippen molar-refractivity contribution >= 4 is 17.7 Å². The van der Waals surface area contributed by atoms with Crippen LogP contribution in [0.15, 0.2) is 76.7 Å². The zero-order valence-corrected chi connectivity index (χ0v) is 15.4. The van der Waals surface area contributed by atoms with Crippen LogP contribution in [-0.2, 0) is 17.9 Å². The zero-order valence-electron chi connectivity index (χ0n) is 14.6. The van der Waals surface area contributed by atoms with Gasteiger partial charge in [0.1, 0.15) is 12.4 Å². The van der Waals surface area contributed by atoms with Crippen LogP contribution in [0.5, 0.6) is 5.75 Å². The van der Waals surface area contributed by atoms with Gasteiger partial charge in [0, 0.05) is 12.6 Å². The summed E-state index contributed by atoms with van der Waals surface area (Å²) < 4.78 is 5.61. The number of carbonyl (C=O) groups is 1. The van der Waals surface area contributed by atoms with E-state index in [1.165, 1.54) is 17.8 Å². The molecule has 1 amide bonds. The lowest BCUT2D eigenvalue weighted by Crippen LogP contribution is -2.24. The monoisotopic (exact) mass is 381 g/mol. The quantitative estimate of drug-likeness (QED) is 0.463. The molecule has 0 bridgehead atoms. The van der Waals surface area contributed by atoms with E-state index in [1.54, 1.807) is 0 Å². The van der Waals surface area contributed by atoms with Gasteiger partial charge in [0.05, 0.1) is 11.4 Å².